The Morgan fingerprint density at radius 2 is 2.05 bits per heavy atom. The summed E-state index contributed by atoms with van der Waals surface area (Å²) in [5.74, 6) is -0.106. The molecule has 0 saturated carbocycles. The van der Waals surface area contributed by atoms with E-state index < -0.39 is 12.2 Å². The van der Waals surface area contributed by atoms with Gasteiger partial charge in [0.2, 0.25) is 0 Å². The molecule has 0 fully saturated rings. The van der Waals surface area contributed by atoms with Crippen LogP contribution in [-0.2, 0) is 4.79 Å². The summed E-state index contributed by atoms with van der Waals surface area (Å²) in [7, 11) is 1.67. The zero-order valence-electron chi connectivity index (χ0n) is 11.1. The topological polar surface area (TPSA) is 78.8 Å². The Hall–Kier alpha value is -1.59. The van der Waals surface area contributed by atoms with E-state index in [0.717, 1.165) is 12.8 Å². The van der Waals surface area contributed by atoms with Crippen LogP contribution in [0.15, 0.2) is 24.3 Å². The van der Waals surface area contributed by atoms with Gasteiger partial charge in [-0.1, -0.05) is 18.2 Å². The minimum Gasteiger partial charge on any atom is -0.493 e. The molecule has 1 unspecified atom stereocenters. The van der Waals surface area contributed by atoms with Crippen molar-refractivity contribution in [2.45, 2.75) is 31.9 Å². The van der Waals surface area contributed by atoms with Crippen LogP contribution in [0.25, 0.3) is 0 Å². The SMILES string of the molecule is CNC(O)c1ccccc1OCCCCCC(=O)O. The predicted octanol–water partition coefficient (Wildman–Crippen LogP) is 1.92. The molecule has 1 aromatic rings. The molecule has 5 nitrogen and oxygen atoms in total. The molecule has 0 amide bonds. The minimum absolute atomic E-state index is 0.203. The van der Waals surface area contributed by atoms with E-state index in [4.69, 9.17) is 9.84 Å². The summed E-state index contributed by atoms with van der Waals surface area (Å²) in [6.07, 6.45) is 1.75. The maximum absolute atomic E-state index is 10.3. The van der Waals surface area contributed by atoms with Crippen molar-refractivity contribution in [2.24, 2.45) is 0 Å². The fraction of sp³-hybridized carbons (Fsp3) is 0.500. The molecule has 3 N–H and O–H groups in total. The summed E-state index contributed by atoms with van der Waals surface area (Å²) < 4.78 is 5.62. The average Bonchev–Trinajstić information content (AvgIpc) is 2.42. The summed E-state index contributed by atoms with van der Waals surface area (Å²) in [6, 6.07) is 7.31. The number of carbonyl (C=O) groups is 1. The fourth-order valence-corrected chi connectivity index (χ4v) is 1.73. The summed E-state index contributed by atoms with van der Waals surface area (Å²) in [6.45, 7) is 0.521. The number of aliphatic hydroxyl groups is 1. The smallest absolute Gasteiger partial charge is 0.303 e. The second-order valence-electron chi connectivity index (χ2n) is 4.28. The standard InChI is InChI=1S/C14H21NO4/c1-15-14(18)11-7-4-5-8-12(11)19-10-6-2-3-9-13(16)17/h4-5,7-8,14-15,18H,2-3,6,9-10H2,1H3,(H,16,17). The first-order chi connectivity index (χ1) is 9.15. The number of rotatable bonds is 9. The van der Waals surface area contributed by atoms with Gasteiger partial charge in [0.1, 0.15) is 12.0 Å². The average molecular weight is 267 g/mol. The molecule has 106 valence electrons. The van der Waals surface area contributed by atoms with E-state index in [0.29, 0.717) is 24.3 Å². The molecule has 0 aliphatic carbocycles. The molecule has 0 spiro atoms. The lowest BCUT2D eigenvalue weighted by Gasteiger charge is -2.15. The van der Waals surface area contributed by atoms with Crippen molar-refractivity contribution in [3.63, 3.8) is 0 Å². The molecule has 19 heavy (non-hydrogen) atoms. The van der Waals surface area contributed by atoms with Gasteiger partial charge in [-0.25, -0.2) is 0 Å². The minimum atomic E-state index is -0.761. The molecule has 1 aromatic carbocycles. The summed E-state index contributed by atoms with van der Waals surface area (Å²) in [5, 5.41) is 21.0. The van der Waals surface area contributed by atoms with Gasteiger partial charge in [-0.2, -0.15) is 0 Å². The van der Waals surface area contributed by atoms with E-state index in [1.54, 1.807) is 13.1 Å². The molecule has 0 heterocycles. The van der Waals surface area contributed by atoms with Crippen LogP contribution in [-0.4, -0.2) is 29.8 Å². The van der Waals surface area contributed by atoms with Crippen molar-refractivity contribution in [1.82, 2.24) is 5.32 Å². The second kappa shape index (κ2) is 8.50. The molecule has 0 aliphatic heterocycles. The number of carboxylic acids is 1. The summed E-state index contributed by atoms with van der Waals surface area (Å²) >= 11 is 0. The van der Waals surface area contributed by atoms with Gasteiger partial charge in [0.15, 0.2) is 0 Å². The molecule has 0 aromatic heterocycles. The van der Waals surface area contributed by atoms with Crippen molar-refractivity contribution in [1.29, 1.82) is 0 Å². The molecule has 0 saturated heterocycles. The van der Waals surface area contributed by atoms with Gasteiger partial charge in [0, 0.05) is 12.0 Å². The van der Waals surface area contributed by atoms with Crippen molar-refractivity contribution in [2.75, 3.05) is 13.7 Å². The number of para-hydroxylation sites is 1. The van der Waals surface area contributed by atoms with Crippen molar-refractivity contribution < 1.29 is 19.7 Å². The van der Waals surface area contributed by atoms with Crippen LogP contribution in [0.2, 0.25) is 0 Å². The number of hydrogen-bond acceptors (Lipinski definition) is 4. The molecular weight excluding hydrogens is 246 g/mol. The molecule has 1 rings (SSSR count). The predicted molar refractivity (Wildman–Crippen MR) is 72.1 cm³/mol. The first-order valence-corrected chi connectivity index (χ1v) is 6.44. The Morgan fingerprint density at radius 1 is 1.32 bits per heavy atom. The number of unbranched alkanes of at least 4 members (excludes halogenated alkanes) is 2. The largest absolute Gasteiger partial charge is 0.493 e. The molecule has 0 bridgehead atoms. The van der Waals surface area contributed by atoms with Gasteiger partial charge in [0.25, 0.3) is 0 Å². The molecule has 1 atom stereocenters. The van der Waals surface area contributed by atoms with Gasteiger partial charge in [0.05, 0.1) is 6.61 Å². The number of aliphatic carboxylic acids is 1. The van der Waals surface area contributed by atoms with Crippen LogP contribution in [0.5, 0.6) is 5.75 Å². The highest BCUT2D eigenvalue weighted by Crippen LogP contribution is 2.23. The van der Waals surface area contributed by atoms with E-state index in [2.05, 4.69) is 5.32 Å². The lowest BCUT2D eigenvalue weighted by atomic mass is 10.1. The van der Waals surface area contributed by atoms with Gasteiger partial charge in [-0.05, 0) is 32.4 Å². The van der Waals surface area contributed by atoms with Crippen LogP contribution in [0, 0.1) is 0 Å². The lowest BCUT2D eigenvalue weighted by Crippen LogP contribution is -2.16. The van der Waals surface area contributed by atoms with Crippen LogP contribution >= 0.6 is 0 Å². The third-order valence-electron chi connectivity index (χ3n) is 2.78. The number of carboxylic acid groups (broad SMARTS) is 1. The number of hydrogen-bond donors (Lipinski definition) is 3. The zero-order chi connectivity index (χ0) is 14.1. The summed E-state index contributed by atoms with van der Waals surface area (Å²) in [5.41, 5.74) is 0.704. The first kappa shape index (κ1) is 15.5. The maximum Gasteiger partial charge on any atom is 0.303 e. The van der Waals surface area contributed by atoms with Gasteiger partial charge in [-0.3, -0.25) is 10.1 Å². The Labute approximate surface area is 113 Å². The van der Waals surface area contributed by atoms with Crippen LogP contribution in [0.4, 0.5) is 0 Å². The van der Waals surface area contributed by atoms with E-state index in [1.165, 1.54) is 0 Å². The number of ether oxygens (including phenoxy) is 1. The van der Waals surface area contributed by atoms with Gasteiger partial charge in [-0.15, -0.1) is 0 Å². The Kier molecular flexibility index (Phi) is 6.92. The summed E-state index contributed by atoms with van der Waals surface area (Å²) in [4.78, 5) is 10.3. The maximum atomic E-state index is 10.3. The number of aliphatic hydroxyl groups excluding tert-OH is 1. The van der Waals surface area contributed by atoms with Gasteiger partial charge >= 0.3 is 5.97 Å². The number of nitrogens with one attached hydrogen (secondary N) is 1. The van der Waals surface area contributed by atoms with E-state index in [-0.39, 0.29) is 6.42 Å². The van der Waals surface area contributed by atoms with Gasteiger partial charge < -0.3 is 14.9 Å². The second-order valence-corrected chi connectivity index (χ2v) is 4.28. The third kappa shape index (κ3) is 5.72. The van der Waals surface area contributed by atoms with E-state index in [1.807, 2.05) is 18.2 Å². The van der Waals surface area contributed by atoms with Crippen molar-refractivity contribution >= 4 is 5.97 Å². The molecule has 5 heteroatoms. The van der Waals surface area contributed by atoms with Crippen molar-refractivity contribution in [3.05, 3.63) is 29.8 Å². The van der Waals surface area contributed by atoms with E-state index in [9.17, 15) is 9.90 Å². The van der Waals surface area contributed by atoms with Crippen LogP contribution in [0.1, 0.15) is 37.5 Å². The van der Waals surface area contributed by atoms with Crippen LogP contribution < -0.4 is 10.1 Å². The fourth-order valence-electron chi connectivity index (χ4n) is 1.73. The quantitative estimate of drug-likeness (QED) is 0.470. The Balaban J connectivity index is 2.35. The Bertz CT molecular complexity index is 395. The highest BCUT2D eigenvalue weighted by Gasteiger charge is 2.10. The monoisotopic (exact) mass is 267 g/mol. The number of benzene rings is 1. The first-order valence-electron chi connectivity index (χ1n) is 6.44. The van der Waals surface area contributed by atoms with E-state index >= 15 is 0 Å². The molecule has 0 radical (unpaired) electrons. The highest BCUT2D eigenvalue weighted by molar-refractivity contribution is 5.66. The molecule has 0 aliphatic rings. The van der Waals surface area contributed by atoms with Crippen LogP contribution in [0.3, 0.4) is 0 Å². The lowest BCUT2D eigenvalue weighted by molar-refractivity contribution is -0.137. The zero-order valence-corrected chi connectivity index (χ0v) is 11.1. The third-order valence-corrected chi connectivity index (χ3v) is 2.78. The molecular formula is C14H21NO4. The normalized spacial score (nSPS) is 12.1. The highest BCUT2D eigenvalue weighted by atomic mass is 16.5. The Morgan fingerprint density at radius 3 is 2.74 bits per heavy atom. The van der Waals surface area contributed by atoms with Crippen molar-refractivity contribution in [3.8, 4) is 5.75 Å².